The van der Waals surface area contributed by atoms with E-state index in [9.17, 15) is 10.1 Å². The predicted octanol–water partition coefficient (Wildman–Crippen LogP) is 2.98. The molecule has 6 heteroatoms. The summed E-state index contributed by atoms with van der Waals surface area (Å²) in [5, 5.41) is 14.9. The lowest BCUT2D eigenvalue weighted by Crippen LogP contribution is -2.20. The van der Waals surface area contributed by atoms with E-state index in [4.69, 9.17) is 4.74 Å². The SMILES string of the molecule is CCOC(C)CNc1ccc2ncccc2c1[N+](=O)[O-]. The minimum Gasteiger partial charge on any atom is -0.377 e. The first-order valence-corrected chi connectivity index (χ1v) is 6.51. The molecule has 0 aliphatic rings. The number of rotatable bonds is 6. The Bertz CT molecular complexity index is 616. The van der Waals surface area contributed by atoms with Crippen LogP contribution in [0, 0.1) is 10.1 Å². The van der Waals surface area contributed by atoms with Crippen LogP contribution in [0.25, 0.3) is 10.9 Å². The summed E-state index contributed by atoms with van der Waals surface area (Å²) < 4.78 is 5.41. The summed E-state index contributed by atoms with van der Waals surface area (Å²) in [5.41, 5.74) is 1.16. The van der Waals surface area contributed by atoms with Crippen LogP contribution >= 0.6 is 0 Å². The van der Waals surface area contributed by atoms with Gasteiger partial charge in [-0.15, -0.1) is 0 Å². The van der Waals surface area contributed by atoms with E-state index < -0.39 is 0 Å². The van der Waals surface area contributed by atoms with Gasteiger partial charge in [-0.25, -0.2) is 0 Å². The van der Waals surface area contributed by atoms with Crippen molar-refractivity contribution >= 4 is 22.3 Å². The Kier molecular flexibility index (Phi) is 4.47. The van der Waals surface area contributed by atoms with Crippen molar-refractivity contribution in [2.75, 3.05) is 18.5 Å². The molecule has 0 spiro atoms. The summed E-state index contributed by atoms with van der Waals surface area (Å²) >= 11 is 0. The minimum absolute atomic E-state index is 0.0100. The van der Waals surface area contributed by atoms with Crippen LogP contribution in [0.4, 0.5) is 11.4 Å². The van der Waals surface area contributed by atoms with E-state index in [0.29, 0.717) is 29.7 Å². The van der Waals surface area contributed by atoms with Gasteiger partial charge in [0.05, 0.1) is 21.9 Å². The second-order valence-corrected chi connectivity index (χ2v) is 4.44. The van der Waals surface area contributed by atoms with Crippen LogP contribution in [0.1, 0.15) is 13.8 Å². The lowest BCUT2D eigenvalue weighted by Gasteiger charge is -2.14. The smallest absolute Gasteiger partial charge is 0.301 e. The molecule has 0 aliphatic carbocycles. The first kappa shape index (κ1) is 14.2. The highest BCUT2D eigenvalue weighted by molar-refractivity contribution is 5.94. The lowest BCUT2D eigenvalue weighted by molar-refractivity contribution is -0.382. The molecule has 1 unspecified atom stereocenters. The highest BCUT2D eigenvalue weighted by Crippen LogP contribution is 2.32. The molecular formula is C14H17N3O3. The monoisotopic (exact) mass is 275 g/mol. The molecule has 1 aromatic carbocycles. The maximum atomic E-state index is 11.3. The molecule has 2 aromatic rings. The Morgan fingerprint density at radius 3 is 2.95 bits per heavy atom. The second kappa shape index (κ2) is 6.29. The summed E-state index contributed by atoms with van der Waals surface area (Å²) in [5.74, 6) is 0. The zero-order valence-electron chi connectivity index (χ0n) is 11.5. The standard InChI is InChI=1S/C14H17N3O3/c1-3-20-10(2)9-16-13-7-6-12-11(5-4-8-15-12)14(13)17(18)19/h4-8,10,16H,3,9H2,1-2H3. The number of pyridine rings is 1. The fourth-order valence-electron chi connectivity index (χ4n) is 2.07. The van der Waals surface area contributed by atoms with E-state index in [1.807, 2.05) is 13.8 Å². The molecule has 1 heterocycles. The van der Waals surface area contributed by atoms with Crippen molar-refractivity contribution in [3.8, 4) is 0 Å². The second-order valence-electron chi connectivity index (χ2n) is 4.44. The van der Waals surface area contributed by atoms with Crippen molar-refractivity contribution < 1.29 is 9.66 Å². The van der Waals surface area contributed by atoms with E-state index in [1.54, 1.807) is 30.5 Å². The molecule has 0 bridgehead atoms. The molecule has 0 saturated carbocycles. The summed E-state index contributed by atoms with van der Waals surface area (Å²) in [7, 11) is 0. The van der Waals surface area contributed by atoms with Gasteiger partial charge in [-0.1, -0.05) is 0 Å². The molecule has 6 nitrogen and oxygen atoms in total. The first-order valence-electron chi connectivity index (χ1n) is 6.51. The van der Waals surface area contributed by atoms with E-state index in [0.717, 1.165) is 0 Å². The Morgan fingerprint density at radius 1 is 1.45 bits per heavy atom. The quantitative estimate of drug-likeness (QED) is 0.647. The van der Waals surface area contributed by atoms with Crippen LogP contribution in [0.2, 0.25) is 0 Å². The zero-order chi connectivity index (χ0) is 14.5. The van der Waals surface area contributed by atoms with Crippen LogP contribution < -0.4 is 5.32 Å². The van der Waals surface area contributed by atoms with Crippen molar-refractivity contribution in [3.05, 3.63) is 40.6 Å². The Labute approximate surface area is 116 Å². The number of hydrogen-bond donors (Lipinski definition) is 1. The lowest BCUT2D eigenvalue weighted by atomic mass is 10.1. The third-order valence-corrected chi connectivity index (χ3v) is 2.97. The van der Waals surface area contributed by atoms with Crippen LogP contribution in [0.15, 0.2) is 30.5 Å². The third-order valence-electron chi connectivity index (χ3n) is 2.97. The molecule has 2 rings (SSSR count). The molecule has 106 valence electrons. The normalized spacial score (nSPS) is 12.3. The van der Waals surface area contributed by atoms with Gasteiger partial charge in [0, 0.05) is 19.3 Å². The number of nitro benzene ring substituents is 1. The largest absolute Gasteiger partial charge is 0.377 e. The molecular weight excluding hydrogens is 258 g/mol. The molecule has 0 fully saturated rings. The fourth-order valence-corrected chi connectivity index (χ4v) is 2.07. The van der Waals surface area contributed by atoms with Crippen molar-refractivity contribution in [1.82, 2.24) is 4.98 Å². The van der Waals surface area contributed by atoms with Crippen LogP contribution in [0.5, 0.6) is 0 Å². The van der Waals surface area contributed by atoms with Crippen molar-refractivity contribution in [2.24, 2.45) is 0 Å². The number of nitrogens with one attached hydrogen (secondary N) is 1. The molecule has 1 aromatic heterocycles. The summed E-state index contributed by atoms with van der Waals surface area (Å²) in [6.07, 6.45) is 1.61. The number of fused-ring (bicyclic) bond motifs is 1. The fraction of sp³-hybridized carbons (Fsp3) is 0.357. The van der Waals surface area contributed by atoms with Gasteiger partial charge in [0.1, 0.15) is 5.69 Å². The maximum Gasteiger partial charge on any atom is 0.301 e. The van der Waals surface area contributed by atoms with Crippen LogP contribution in [0.3, 0.4) is 0 Å². The molecule has 1 N–H and O–H groups in total. The number of hydrogen-bond acceptors (Lipinski definition) is 5. The Balaban J connectivity index is 2.33. The van der Waals surface area contributed by atoms with Crippen molar-refractivity contribution in [1.29, 1.82) is 0 Å². The van der Waals surface area contributed by atoms with Crippen molar-refractivity contribution in [3.63, 3.8) is 0 Å². The van der Waals surface area contributed by atoms with E-state index in [1.165, 1.54) is 0 Å². The number of nitro groups is 1. The number of anilines is 1. The van der Waals surface area contributed by atoms with Crippen molar-refractivity contribution in [2.45, 2.75) is 20.0 Å². The number of benzene rings is 1. The summed E-state index contributed by atoms with van der Waals surface area (Å²) in [6, 6.07) is 6.86. The zero-order valence-corrected chi connectivity index (χ0v) is 11.5. The average Bonchev–Trinajstić information content (AvgIpc) is 2.44. The van der Waals surface area contributed by atoms with Gasteiger partial charge in [0.25, 0.3) is 0 Å². The van der Waals surface area contributed by atoms with E-state index in [-0.39, 0.29) is 16.7 Å². The molecule has 0 radical (unpaired) electrons. The average molecular weight is 275 g/mol. The van der Waals surface area contributed by atoms with Crippen LogP contribution in [-0.4, -0.2) is 29.2 Å². The molecule has 1 atom stereocenters. The molecule has 20 heavy (non-hydrogen) atoms. The van der Waals surface area contributed by atoms with Gasteiger partial charge in [-0.2, -0.15) is 0 Å². The van der Waals surface area contributed by atoms with E-state index in [2.05, 4.69) is 10.3 Å². The van der Waals surface area contributed by atoms with Gasteiger partial charge < -0.3 is 10.1 Å². The van der Waals surface area contributed by atoms with Gasteiger partial charge in [0.15, 0.2) is 0 Å². The topological polar surface area (TPSA) is 77.3 Å². The van der Waals surface area contributed by atoms with Gasteiger partial charge >= 0.3 is 5.69 Å². The minimum atomic E-state index is -0.377. The number of nitrogens with zero attached hydrogens (tertiary/aromatic N) is 2. The highest BCUT2D eigenvalue weighted by atomic mass is 16.6. The molecule has 0 aliphatic heterocycles. The van der Waals surface area contributed by atoms with Gasteiger partial charge in [-0.05, 0) is 38.1 Å². The number of aromatic nitrogens is 1. The van der Waals surface area contributed by atoms with Gasteiger partial charge in [0.2, 0.25) is 0 Å². The maximum absolute atomic E-state index is 11.3. The highest BCUT2D eigenvalue weighted by Gasteiger charge is 2.19. The molecule has 0 saturated heterocycles. The predicted molar refractivity (Wildman–Crippen MR) is 78.0 cm³/mol. The Hall–Kier alpha value is -2.21. The summed E-state index contributed by atoms with van der Waals surface area (Å²) in [4.78, 5) is 15.1. The van der Waals surface area contributed by atoms with E-state index >= 15 is 0 Å². The van der Waals surface area contributed by atoms with Gasteiger partial charge in [-0.3, -0.25) is 15.1 Å². The summed E-state index contributed by atoms with van der Waals surface area (Å²) in [6.45, 7) is 4.97. The molecule has 0 amide bonds. The number of ether oxygens (including phenoxy) is 1. The van der Waals surface area contributed by atoms with Crippen LogP contribution in [-0.2, 0) is 4.74 Å². The first-order chi connectivity index (χ1) is 9.63. The third kappa shape index (κ3) is 3.03. The Morgan fingerprint density at radius 2 is 2.25 bits per heavy atom.